The van der Waals surface area contributed by atoms with E-state index in [0.29, 0.717) is 30.7 Å². The van der Waals surface area contributed by atoms with Gasteiger partial charge in [-0.3, -0.25) is 14.5 Å². The highest BCUT2D eigenvalue weighted by Crippen LogP contribution is 2.23. The van der Waals surface area contributed by atoms with E-state index >= 15 is 0 Å². The third kappa shape index (κ3) is 4.02. The zero-order chi connectivity index (χ0) is 22.1. The van der Waals surface area contributed by atoms with Crippen molar-refractivity contribution in [2.45, 2.75) is 31.7 Å². The number of aliphatic hydroxyl groups excluding tert-OH is 1. The molecule has 0 saturated carbocycles. The number of hydrogen-bond acceptors (Lipinski definition) is 5. The van der Waals surface area contributed by atoms with Crippen molar-refractivity contribution in [2.24, 2.45) is 7.05 Å². The third-order valence-electron chi connectivity index (χ3n) is 5.83. The summed E-state index contributed by atoms with van der Waals surface area (Å²) in [4.78, 5) is 17.5. The van der Waals surface area contributed by atoms with E-state index in [1.807, 2.05) is 42.3 Å². The van der Waals surface area contributed by atoms with Gasteiger partial charge in [-0.15, -0.1) is 0 Å². The second-order valence-corrected chi connectivity index (χ2v) is 8.12. The predicted molar refractivity (Wildman–Crippen MR) is 120 cm³/mol. The monoisotopic (exact) mass is 431 g/mol. The number of aryl methyl sites for hydroxylation is 1. The first kappa shape index (κ1) is 20.4. The van der Waals surface area contributed by atoms with E-state index in [0.717, 1.165) is 28.6 Å². The van der Waals surface area contributed by atoms with Crippen LogP contribution in [0.25, 0.3) is 22.2 Å². The zero-order valence-electron chi connectivity index (χ0n) is 17.8. The van der Waals surface area contributed by atoms with E-state index in [1.54, 1.807) is 10.9 Å². The Labute approximate surface area is 185 Å². The minimum absolute atomic E-state index is 0.256. The topological polar surface area (TPSA) is 94.2 Å². The van der Waals surface area contributed by atoms with Crippen molar-refractivity contribution < 1.29 is 14.6 Å². The number of fused-ring (bicyclic) bond motifs is 1. The Hall–Kier alpha value is -3.49. The van der Waals surface area contributed by atoms with Gasteiger partial charge in [0.25, 0.3) is 5.91 Å². The Bertz CT molecular complexity index is 1240. The number of rotatable bonds is 5. The van der Waals surface area contributed by atoms with Gasteiger partial charge in [0.05, 0.1) is 23.3 Å². The van der Waals surface area contributed by atoms with Crippen LogP contribution in [0.15, 0.2) is 61.2 Å². The van der Waals surface area contributed by atoms with Crippen LogP contribution in [-0.4, -0.2) is 49.3 Å². The molecule has 32 heavy (non-hydrogen) atoms. The maximum absolute atomic E-state index is 13.0. The van der Waals surface area contributed by atoms with Crippen molar-refractivity contribution in [3.8, 4) is 11.1 Å². The van der Waals surface area contributed by atoms with Crippen LogP contribution in [0.5, 0.6) is 0 Å². The number of benzene rings is 1. The molecule has 2 N–H and O–H groups in total. The van der Waals surface area contributed by atoms with Crippen LogP contribution in [0.1, 0.15) is 28.8 Å². The molecular formula is C24H25N5O3. The third-order valence-corrected chi connectivity index (χ3v) is 5.83. The number of hydrogen-bond donors (Lipinski definition) is 2. The molecule has 8 nitrogen and oxygen atoms in total. The lowest BCUT2D eigenvalue weighted by Gasteiger charge is -2.28. The minimum atomic E-state index is -0.979. The summed E-state index contributed by atoms with van der Waals surface area (Å²) in [5.74, 6) is -0.256. The van der Waals surface area contributed by atoms with E-state index in [-0.39, 0.29) is 5.91 Å². The number of amides is 1. The Morgan fingerprint density at radius 2 is 2.06 bits per heavy atom. The van der Waals surface area contributed by atoms with E-state index in [4.69, 9.17) is 4.74 Å². The highest BCUT2D eigenvalue weighted by molar-refractivity contribution is 6.05. The fourth-order valence-corrected chi connectivity index (χ4v) is 4.14. The van der Waals surface area contributed by atoms with Crippen LogP contribution in [0, 0.1) is 0 Å². The Kier molecular flexibility index (Phi) is 5.46. The smallest absolute Gasteiger partial charge is 0.255 e. The van der Waals surface area contributed by atoms with Gasteiger partial charge in [0, 0.05) is 44.4 Å². The number of aromatic nitrogens is 4. The molecule has 0 spiro atoms. The van der Waals surface area contributed by atoms with Crippen molar-refractivity contribution in [3.63, 3.8) is 0 Å². The number of aliphatic hydroxyl groups is 1. The summed E-state index contributed by atoms with van der Waals surface area (Å²) in [5.41, 5.74) is 5.31. The van der Waals surface area contributed by atoms with Gasteiger partial charge in [-0.25, -0.2) is 0 Å². The summed E-state index contributed by atoms with van der Waals surface area (Å²) < 4.78 is 9.07. The predicted octanol–water partition coefficient (Wildman–Crippen LogP) is 2.71. The van der Waals surface area contributed by atoms with E-state index in [1.165, 1.54) is 0 Å². The molecular weight excluding hydrogens is 406 g/mol. The SMILES string of the molecule is Cn1cc(-c2ccc(Cn3cc(C(=O)N[C@H]4CCCO[C@@H]4O)c4ncccc43)cc2)cn1. The second-order valence-electron chi connectivity index (χ2n) is 8.12. The van der Waals surface area contributed by atoms with Gasteiger partial charge in [0.2, 0.25) is 0 Å². The Morgan fingerprint density at radius 3 is 2.81 bits per heavy atom. The van der Waals surface area contributed by atoms with Crippen molar-refractivity contribution in [1.29, 1.82) is 0 Å². The molecule has 8 heteroatoms. The average Bonchev–Trinajstić information content (AvgIpc) is 3.40. The highest BCUT2D eigenvalue weighted by atomic mass is 16.6. The van der Waals surface area contributed by atoms with Gasteiger partial charge in [-0.2, -0.15) is 5.10 Å². The average molecular weight is 431 g/mol. The van der Waals surface area contributed by atoms with Crippen LogP contribution < -0.4 is 5.32 Å². The zero-order valence-corrected chi connectivity index (χ0v) is 17.8. The second kappa shape index (κ2) is 8.57. The highest BCUT2D eigenvalue weighted by Gasteiger charge is 2.27. The van der Waals surface area contributed by atoms with Crippen LogP contribution in [0.4, 0.5) is 0 Å². The molecule has 5 rings (SSSR count). The number of pyridine rings is 1. The van der Waals surface area contributed by atoms with Crippen molar-refractivity contribution >= 4 is 16.9 Å². The summed E-state index contributed by atoms with van der Waals surface area (Å²) in [6.07, 6.45) is 7.85. The van der Waals surface area contributed by atoms with Gasteiger partial charge in [-0.05, 0) is 36.1 Å². The lowest BCUT2D eigenvalue weighted by atomic mass is 10.1. The molecule has 1 saturated heterocycles. The molecule has 1 aromatic carbocycles. The first-order chi connectivity index (χ1) is 15.6. The number of nitrogens with zero attached hydrogens (tertiary/aromatic N) is 4. The normalized spacial score (nSPS) is 18.7. The number of ether oxygens (including phenoxy) is 1. The van der Waals surface area contributed by atoms with E-state index in [9.17, 15) is 9.90 Å². The first-order valence-electron chi connectivity index (χ1n) is 10.7. The number of carbonyl (C=O) groups is 1. The summed E-state index contributed by atoms with van der Waals surface area (Å²) >= 11 is 0. The fourth-order valence-electron chi connectivity index (χ4n) is 4.14. The van der Waals surface area contributed by atoms with E-state index in [2.05, 4.69) is 39.7 Å². The van der Waals surface area contributed by atoms with Crippen molar-refractivity contribution in [2.75, 3.05) is 6.61 Å². The molecule has 0 radical (unpaired) electrons. The van der Waals surface area contributed by atoms with Gasteiger partial charge in [0.1, 0.15) is 5.52 Å². The Morgan fingerprint density at radius 1 is 1.22 bits per heavy atom. The summed E-state index contributed by atoms with van der Waals surface area (Å²) in [6.45, 7) is 1.12. The molecule has 4 aromatic rings. The molecule has 0 aliphatic carbocycles. The van der Waals surface area contributed by atoms with Crippen LogP contribution in [0.2, 0.25) is 0 Å². The number of nitrogens with one attached hydrogen (secondary N) is 1. The molecule has 164 valence electrons. The quantitative estimate of drug-likeness (QED) is 0.507. The fraction of sp³-hybridized carbons (Fsp3) is 0.292. The van der Waals surface area contributed by atoms with Gasteiger partial charge >= 0.3 is 0 Å². The Balaban J connectivity index is 1.39. The molecule has 4 heterocycles. The molecule has 0 bridgehead atoms. The van der Waals surface area contributed by atoms with Gasteiger partial charge in [0.15, 0.2) is 6.29 Å². The van der Waals surface area contributed by atoms with Crippen LogP contribution in [0.3, 0.4) is 0 Å². The molecule has 1 aliphatic heterocycles. The maximum atomic E-state index is 13.0. The first-order valence-corrected chi connectivity index (χ1v) is 10.7. The van der Waals surface area contributed by atoms with E-state index < -0.39 is 12.3 Å². The minimum Gasteiger partial charge on any atom is -0.366 e. The molecule has 3 aromatic heterocycles. The van der Waals surface area contributed by atoms with Crippen molar-refractivity contribution in [1.82, 2.24) is 24.6 Å². The van der Waals surface area contributed by atoms with Gasteiger partial charge < -0.3 is 19.7 Å². The maximum Gasteiger partial charge on any atom is 0.255 e. The summed E-state index contributed by atoms with van der Waals surface area (Å²) in [6, 6.07) is 11.7. The largest absolute Gasteiger partial charge is 0.366 e. The van der Waals surface area contributed by atoms with Crippen LogP contribution in [-0.2, 0) is 18.3 Å². The lowest BCUT2D eigenvalue weighted by molar-refractivity contribution is -0.139. The summed E-state index contributed by atoms with van der Waals surface area (Å²) in [7, 11) is 1.90. The van der Waals surface area contributed by atoms with Gasteiger partial charge in [-0.1, -0.05) is 24.3 Å². The summed E-state index contributed by atoms with van der Waals surface area (Å²) in [5, 5.41) is 17.2. The van der Waals surface area contributed by atoms with Crippen LogP contribution >= 0.6 is 0 Å². The molecule has 1 fully saturated rings. The lowest BCUT2D eigenvalue weighted by Crippen LogP contribution is -2.47. The van der Waals surface area contributed by atoms with Crippen molar-refractivity contribution in [3.05, 3.63) is 72.3 Å². The number of carbonyl (C=O) groups excluding carboxylic acids is 1. The standard InChI is InChI=1S/C24H25N5O3/c1-28-14-18(12-26-28)17-8-6-16(7-9-17)13-29-15-19(22-21(29)5-2-10-25-22)23(30)27-20-4-3-11-32-24(20)31/h2,5-10,12,14-15,20,24,31H,3-4,11,13H2,1H3,(H,27,30)/t20-,24-/m0/s1. The molecule has 1 amide bonds. The molecule has 2 atom stereocenters. The molecule has 0 unspecified atom stereocenters. The molecule has 1 aliphatic rings.